The molecule has 0 aliphatic heterocycles. The van der Waals surface area contributed by atoms with E-state index in [0.717, 1.165) is 24.3 Å². The number of hydrogen-bond acceptors (Lipinski definition) is 3. The zero-order chi connectivity index (χ0) is 15.7. The van der Waals surface area contributed by atoms with Gasteiger partial charge in [-0.05, 0) is 26.5 Å². The molecule has 0 radical (unpaired) electrons. The topological polar surface area (TPSA) is 62.9 Å². The summed E-state index contributed by atoms with van der Waals surface area (Å²) in [5.41, 5.74) is 7.96. The molecule has 0 atom stereocenters. The summed E-state index contributed by atoms with van der Waals surface area (Å²) in [7, 11) is 1.68. The molecule has 3 N–H and O–H groups in total. The van der Waals surface area contributed by atoms with Gasteiger partial charge in [-0.2, -0.15) is 0 Å². The molecule has 0 aliphatic rings. The number of nitrogens with one attached hydrogen (secondary N) is 1. The first-order chi connectivity index (χ1) is 10.1. The van der Waals surface area contributed by atoms with Crippen molar-refractivity contribution < 1.29 is 4.74 Å². The van der Waals surface area contributed by atoms with Gasteiger partial charge >= 0.3 is 0 Å². The number of benzene rings is 1. The summed E-state index contributed by atoms with van der Waals surface area (Å²) in [6, 6.07) is 8.46. The molecule has 0 heterocycles. The van der Waals surface area contributed by atoms with Crippen LogP contribution in [0, 0.1) is 0 Å². The predicted molar refractivity (Wildman–Crippen MR) is 105 cm³/mol. The number of rotatable bonds is 8. The summed E-state index contributed by atoms with van der Waals surface area (Å²) in [6.45, 7) is 9.72. The lowest BCUT2D eigenvalue weighted by molar-refractivity contribution is 0.185. The molecule has 1 aromatic rings. The van der Waals surface area contributed by atoms with E-state index in [9.17, 15) is 0 Å². The molecule has 0 aromatic heterocycles. The first-order valence-corrected chi connectivity index (χ1v) is 7.46. The van der Waals surface area contributed by atoms with Crippen LogP contribution in [0.4, 0.5) is 5.69 Å². The molecular formula is C16H29IN4O. The molecule has 1 aromatic carbocycles. The molecule has 5 nitrogen and oxygen atoms in total. The molecule has 1 rings (SSSR count). The number of hydrogen-bond donors (Lipinski definition) is 2. The second-order valence-corrected chi connectivity index (χ2v) is 5.20. The maximum atomic E-state index is 5.95. The van der Waals surface area contributed by atoms with Crippen molar-refractivity contribution in [3.63, 3.8) is 0 Å². The normalized spacial score (nSPS) is 11.6. The fourth-order valence-corrected chi connectivity index (χ4v) is 2.18. The van der Waals surface area contributed by atoms with Crippen molar-refractivity contribution in [2.24, 2.45) is 10.7 Å². The highest BCUT2D eigenvalue weighted by molar-refractivity contribution is 14.0. The van der Waals surface area contributed by atoms with Gasteiger partial charge < -0.3 is 15.8 Å². The van der Waals surface area contributed by atoms with E-state index in [1.165, 1.54) is 0 Å². The Morgan fingerprint density at radius 3 is 2.64 bits per heavy atom. The third kappa shape index (κ3) is 7.42. The van der Waals surface area contributed by atoms with Gasteiger partial charge in [-0.25, -0.2) is 0 Å². The molecule has 0 amide bonds. The lowest BCUT2D eigenvalue weighted by Crippen LogP contribution is -2.33. The summed E-state index contributed by atoms with van der Waals surface area (Å²) >= 11 is 0. The van der Waals surface area contributed by atoms with Crippen LogP contribution < -0.4 is 11.1 Å². The molecule has 126 valence electrons. The quantitative estimate of drug-likeness (QED) is 0.386. The molecular weight excluding hydrogens is 391 g/mol. The van der Waals surface area contributed by atoms with E-state index < -0.39 is 0 Å². The Labute approximate surface area is 151 Å². The molecule has 6 heteroatoms. The van der Waals surface area contributed by atoms with E-state index >= 15 is 0 Å². The SMILES string of the molecule is CCN(CCN=C(N)Nc1ccccc1COC)C(C)C.I. The lowest BCUT2D eigenvalue weighted by atomic mass is 10.2. The van der Waals surface area contributed by atoms with Crippen molar-refractivity contribution in [1.29, 1.82) is 0 Å². The van der Waals surface area contributed by atoms with Crippen molar-refractivity contribution in [1.82, 2.24) is 4.90 Å². The van der Waals surface area contributed by atoms with Gasteiger partial charge in [0, 0.05) is 30.9 Å². The van der Waals surface area contributed by atoms with Crippen LogP contribution in [0.1, 0.15) is 26.3 Å². The number of halogens is 1. The second-order valence-electron chi connectivity index (χ2n) is 5.20. The zero-order valence-electron chi connectivity index (χ0n) is 14.0. The minimum Gasteiger partial charge on any atom is -0.380 e. The van der Waals surface area contributed by atoms with Crippen molar-refractivity contribution in [2.45, 2.75) is 33.4 Å². The third-order valence-electron chi connectivity index (χ3n) is 3.39. The number of nitrogens with two attached hydrogens (primary N) is 1. The van der Waals surface area contributed by atoms with Gasteiger partial charge in [0.2, 0.25) is 0 Å². The third-order valence-corrected chi connectivity index (χ3v) is 3.39. The van der Waals surface area contributed by atoms with Gasteiger partial charge in [0.05, 0.1) is 13.2 Å². The van der Waals surface area contributed by atoms with Crippen molar-refractivity contribution >= 4 is 35.6 Å². The monoisotopic (exact) mass is 420 g/mol. The molecule has 0 fully saturated rings. The van der Waals surface area contributed by atoms with E-state index in [0.29, 0.717) is 25.2 Å². The Kier molecular flexibility index (Phi) is 11.2. The second kappa shape index (κ2) is 11.7. The van der Waals surface area contributed by atoms with Gasteiger partial charge in [-0.15, -0.1) is 24.0 Å². The fraction of sp³-hybridized carbons (Fsp3) is 0.562. The molecule has 0 unspecified atom stereocenters. The maximum absolute atomic E-state index is 5.95. The molecule has 0 aliphatic carbocycles. The minimum atomic E-state index is 0. The fourth-order valence-electron chi connectivity index (χ4n) is 2.18. The average Bonchev–Trinajstić information content (AvgIpc) is 2.45. The van der Waals surface area contributed by atoms with Gasteiger partial charge in [-0.3, -0.25) is 9.89 Å². The largest absolute Gasteiger partial charge is 0.380 e. The first kappa shape index (κ1) is 21.1. The number of guanidine groups is 1. The van der Waals surface area contributed by atoms with Crippen LogP contribution in [-0.2, 0) is 11.3 Å². The molecule has 0 bridgehead atoms. The van der Waals surface area contributed by atoms with E-state index in [1.807, 2.05) is 24.3 Å². The Morgan fingerprint density at radius 2 is 2.05 bits per heavy atom. The van der Waals surface area contributed by atoms with Crippen molar-refractivity contribution in [2.75, 3.05) is 32.1 Å². The van der Waals surface area contributed by atoms with Crippen LogP contribution in [0.15, 0.2) is 29.3 Å². The van der Waals surface area contributed by atoms with E-state index in [1.54, 1.807) is 7.11 Å². The Morgan fingerprint density at radius 1 is 1.36 bits per heavy atom. The minimum absolute atomic E-state index is 0. The van der Waals surface area contributed by atoms with Crippen molar-refractivity contribution in [3.05, 3.63) is 29.8 Å². The summed E-state index contributed by atoms with van der Waals surface area (Å²) in [4.78, 5) is 6.75. The Balaban J connectivity index is 0.00000441. The summed E-state index contributed by atoms with van der Waals surface area (Å²) < 4.78 is 5.18. The number of methoxy groups -OCH3 is 1. The molecule has 0 spiro atoms. The van der Waals surface area contributed by atoms with Crippen LogP contribution in [-0.4, -0.2) is 43.6 Å². The number of anilines is 1. The molecule has 0 saturated heterocycles. The summed E-state index contributed by atoms with van der Waals surface area (Å²) in [5, 5.41) is 3.15. The van der Waals surface area contributed by atoms with E-state index in [2.05, 4.69) is 36.0 Å². The maximum Gasteiger partial charge on any atom is 0.193 e. The highest BCUT2D eigenvalue weighted by Gasteiger charge is 2.06. The summed E-state index contributed by atoms with van der Waals surface area (Å²) in [6.07, 6.45) is 0. The van der Waals surface area contributed by atoms with E-state index in [-0.39, 0.29) is 24.0 Å². The average molecular weight is 420 g/mol. The number of para-hydroxylation sites is 1. The lowest BCUT2D eigenvalue weighted by Gasteiger charge is -2.23. The van der Waals surface area contributed by atoms with Crippen LogP contribution in [0.25, 0.3) is 0 Å². The van der Waals surface area contributed by atoms with Gasteiger partial charge in [0.1, 0.15) is 0 Å². The van der Waals surface area contributed by atoms with Gasteiger partial charge in [0.25, 0.3) is 0 Å². The number of nitrogens with zero attached hydrogens (tertiary/aromatic N) is 2. The molecule has 0 saturated carbocycles. The van der Waals surface area contributed by atoms with Crippen molar-refractivity contribution in [3.8, 4) is 0 Å². The number of aliphatic imine (C=N–C) groups is 1. The standard InChI is InChI=1S/C16H28N4O.HI/c1-5-20(13(2)3)11-10-18-16(17)19-15-9-7-6-8-14(15)12-21-4;/h6-9,13H,5,10-12H2,1-4H3,(H3,17,18,19);1H. The molecule has 22 heavy (non-hydrogen) atoms. The zero-order valence-corrected chi connectivity index (χ0v) is 16.3. The predicted octanol–water partition coefficient (Wildman–Crippen LogP) is 2.91. The highest BCUT2D eigenvalue weighted by atomic mass is 127. The van der Waals surface area contributed by atoms with Crippen LogP contribution in [0.3, 0.4) is 0 Å². The van der Waals surface area contributed by atoms with Crippen LogP contribution >= 0.6 is 24.0 Å². The summed E-state index contributed by atoms with van der Waals surface area (Å²) in [5.74, 6) is 0.443. The Hall–Kier alpha value is -0.860. The number of likely N-dealkylation sites (N-methyl/N-ethyl adjacent to an activating group) is 1. The Bertz CT molecular complexity index is 452. The smallest absolute Gasteiger partial charge is 0.193 e. The van der Waals surface area contributed by atoms with Crippen LogP contribution in [0.5, 0.6) is 0 Å². The number of ether oxygens (including phenoxy) is 1. The van der Waals surface area contributed by atoms with Crippen LogP contribution in [0.2, 0.25) is 0 Å². The van der Waals surface area contributed by atoms with E-state index in [4.69, 9.17) is 10.5 Å². The highest BCUT2D eigenvalue weighted by Crippen LogP contribution is 2.15. The van der Waals surface area contributed by atoms with Gasteiger partial charge in [0.15, 0.2) is 5.96 Å². The van der Waals surface area contributed by atoms with Gasteiger partial charge in [-0.1, -0.05) is 25.1 Å². The first-order valence-electron chi connectivity index (χ1n) is 7.46.